The van der Waals surface area contributed by atoms with E-state index in [0.717, 1.165) is 11.3 Å². The van der Waals surface area contributed by atoms with E-state index >= 15 is 0 Å². The maximum absolute atomic E-state index is 12.3. The number of hydrogen-bond donors (Lipinski definition) is 1. The molecule has 1 N–H and O–H groups in total. The summed E-state index contributed by atoms with van der Waals surface area (Å²) in [6.07, 6.45) is -3.64. The molecule has 0 radical (unpaired) electrons. The summed E-state index contributed by atoms with van der Waals surface area (Å²) < 4.78 is 42.3. The summed E-state index contributed by atoms with van der Waals surface area (Å²) >= 11 is 0. The van der Waals surface area contributed by atoms with Crippen LogP contribution in [0.2, 0.25) is 0 Å². The Labute approximate surface area is 103 Å². The Morgan fingerprint density at radius 3 is 2.94 bits per heavy atom. The molecular weight excluding hydrogens is 249 g/mol. The average Bonchev–Trinajstić information content (AvgIpc) is 2.70. The second-order valence-corrected chi connectivity index (χ2v) is 5.10. The second kappa shape index (κ2) is 4.70. The first-order valence-corrected chi connectivity index (χ1v) is 5.96. The molecule has 2 aliphatic heterocycles. The molecule has 0 aromatic rings. The molecule has 104 valence electrons. The first kappa shape index (κ1) is 13.6. The lowest BCUT2D eigenvalue weighted by Crippen LogP contribution is -2.53. The van der Waals surface area contributed by atoms with Crippen LogP contribution in [0.4, 0.5) is 13.2 Å². The lowest BCUT2D eigenvalue weighted by atomic mass is 9.74. The van der Waals surface area contributed by atoms with Gasteiger partial charge in [0.1, 0.15) is 6.54 Å². The zero-order valence-electron chi connectivity index (χ0n) is 10.2. The number of nitrogens with zero attached hydrogens (tertiary/aromatic N) is 1. The summed E-state index contributed by atoms with van der Waals surface area (Å²) in [7, 11) is 1.20. The molecule has 0 aromatic heterocycles. The fraction of sp³-hybridized carbons (Fsp3) is 0.909. The molecule has 0 spiro atoms. The van der Waals surface area contributed by atoms with Crippen LogP contribution in [0.15, 0.2) is 0 Å². The second-order valence-electron chi connectivity index (χ2n) is 5.10. The Balaban J connectivity index is 2.11. The van der Waals surface area contributed by atoms with E-state index in [4.69, 9.17) is 4.74 Å². The smallest absolute Gasteiger partial charge is 0.380 e. The number of nitrogens with one attached hydrogen (secondary N) is 1. The van der Waals surface area contributed by atoms with Gasteiger partial charge in [-0.15, -0.1) is 0 Å². The number of carbonyl (C=O) groups excluding carboxylic acids is 1. The zero-order valence-corrected chi connectivity index (χ0v) is 10.2. The molecule has 2 saturated heterocycles. The Kier molecular flexibility index (Phi) is 3.55. The van der Waals surface area contributed by atoms with E-state index in [1.54, 1.807) is 0 Å². The molecule has 2 aliphatic rings. The van der Waals surface area contributed by atoms with Gasteiger partial charge in [-0.25, -0.2) is 0 Å². The fourth-order valence-electron chi connectivity index (χ4n) is 2.87. The molecule has 7 heteroatoms. The van der Waals surface area contributed by atoms with E-state index in [1.165, 1.54) is 7.05 Å². The molecule has 0 saturated carbocycles. The van der Waals surface area contributed by atoms with Crippen molar-refractivity contribution in [3.05, 3.63) is 0 Å². The van der Waals surface area contributed by atoms with Crippen LogP contribution < -0.4 is 5.32 Å². The SMILES string of the molecule is CN(CC(F)(F)F)C(=O)[C@]12CNC[C@H]1CCOC2. The summed E-state index contributed by atoms with van der Waals surface area (Å²) in [5.41, 5.74) is -0.807. The van der Waals surface area contributed by atoms with E-state index in [2.05, 4.69) is 5.32 Å². The van der Waals surface area contributed by atoms with Crippen molar-refractivity contribution in [2.75, 3.05) is 39.9 Å². The summed E-state index contributed by atoms with van der Waals surface area (Å²) in [5, 5.41) is 3.09. The van der Waals surface area contributed by atoms with Crippen LogP contribution in [-0.2, 0) is 9.53 Å². The van der Waals surface area contributed by atoms with Crippen molar-refractivity contribution in [2.45, 2.75) is 12.6 Å². The predicted octanol–water partition coefficient (Wildman–Crippen LogP) is 0.633. The highest BCUT2D eigenvalue weighted by Gasteiger charge is 2.52. The van der Waals surface area contributed by atoms with Crippen LogP contribution in [0.1, 0.15) is 6.42 Å². The molecule has 2 fully saturated rings. The average molecular weight is 266 g/mol. The Hall–Kier alpha value is -0.820. The van der Waals surface area contributed by atoms with Crippen molar-refractivity contribution < 1.29 is 22.7 Å². The number of halogens is 3. The summed E-state index contributed by atoms with van der Waals surface area (Å²) in [5.74, 6) is -0.385. The number of rotatable bonds is 2. The monoisotopic (exact) mass is 266 g/mol. The van der Waals surface area contributed by atoms with Gasteiger partial charge < -0.3 is 15.0 Å². The summed E-state index contributed by atoms with van der Waals surface area (Å²) in [6.45, 7) is 0.657. The fourth-order valence-corrected chi connectivity index (χ4v) is 2.87. The number of fused-ring (bicyclic) bond motifs is 1. The molecular formula is C11H17F3N2O2. The van der Waals surface area contributed by atoms with Crippen molar-refractivity contribution in [1.29, 1.82) is 0 Å². The summed E-state index contributed by atoms with van der Waals surface area (Å²) in [6, 6.07) is 0. The van der Waals surface area contributed by atoms with Crippen molar-refractivity contribution >= 4 is 5.91 Å². The molecule has 2 heterocycles. The minimum Gasteiger partial charge on any atom is -0.380 e. The number of carbonyl (C=O) groups is 1. The molecule has 0 aromatic carbocycles. The standard InChI is InChI=1S/C11H17F3N2O2/c1-16(6-11(12,13)14)9(17)10-5-15-4-8(10)2-3-18-7-10/h8,15H,2-7H2,1H3/t8-,10+/m1/s1. The minimum absolute atomic E-state index is 0.0782. The van der Waals surface area contributed by atoms with Crippen molar-refractivity contribution in [2.24, 2.45) is 11.3 Å². The van der Waals surface area contributed by atoms with Gasteiger partial charge in [0.05, 0.1) is 12.0 Å². The van der Waals surface area contributed by atoms with Crippen molar-refractivity contribution in [3.63, 3.8) is 0 Å². The molecule has 0 bridgehead atoms. The lowest BCUT2D eigenvalue weighted by Gasteiger charge is -2.39. The highest BCUT2D eigenvalue weighted by molar-refractivity contribution is 5.84. The summed E-state index contributed by atoms with van der Waals surface area (Å²) in [4.78, 5) is 13.1. The predicted molar refractivity (Wildman–Crippen MR) is 57.9 cm³/mol. The van der Waals surface area contributed by atoms with Crippen molar-refractivity contribution in [1.82, 2.24) is 10.2 Å². The quantitative estimate of drug-likeness (QED) is 0.797. The third kappa shape index (κ3) is 2.47. The highest BCUT2D eigenvalue weighted by Crippen LogP contribution is 2.39. The maximum Gasteiger partial charge on any atom is 0.406 e. The highest BCUT2D eigenvalue weighted by atomic mass is 19.4. The Bertz CT molecular complexity index is 335. The van der Waals surface area contributed by atoms with E-state index in [-0.39, 0.29) is 12.5 Å². The molecule has 1 amide bonds. The van der Waals surface area contributed by atoms with Gasteiger partial charge in [0, 0.05) is 20.2 Å². The van der Waals surface area contributed by atoms with Gasteiger partial charge in [-0.3, -0.25) is 4.79 Å². The normalized spacial score (nSPS) is 32.1. The topological polar surface area (TPSA) is 41.6 Å². The molecule has 4 nitrogen and oxygen atoms in total. The van der Waals surface area contributed by atoms with Crippen LogP contribution in [0, 0.1) is 11.3 Å². The van der Waals surface area contributed by atoms with Crippen LogP contribution >= 0.6 is 0 Å². The molecule has 0 aliphatic carbocycles. The zero-order chi connectivity index (χ0) is 13.4. The Morgan fingerprint density at radius 2 is 2.28 bits per heavy atom. The van der Waals surface area contributed by atoms with E-state index in [0.29, 0.717) is 19.7 Å². The minimum atomic E-state index is -4.36. The van der Waals surface area contributed by atoms with Crippen LogP contribution in [0.25, 0.3) is 0 Å². The van der Waals surface area contributed by atoms with Crippen LogP contribution in [0.3, 0.4) is 0 Å². The molecule has 2 atom stereocenters. The van der Waals surface area contributed by atoms with Gasteiger partial charge in [0.25, 0.3) is 0 Å². The van der Waals surface area contributed by atoms with Gasteiger partial charge >= 0.3 is 6.18 Å². The number of hydrogen-bond acceptors (Lipinski definition) is 3. The van der Waals surface area contributed by atoms with Gasteiger partial charge in [-0.1, -0.05) is 0 Å². The molecule has 18 heavy (non-hydrogen) atoms. The van der Waals surface area contributed by atoms with Gasteiger partial charge in [0.15, 0.2) is 0 Å². The van der Waals surface area contributed by atoms with Gasteiger partial charge in [-0.05, 0) is 18.9 Å². The number of amides is 1. The third-order valence-corrected chi connectivity index (χ3v) is 3.77. The molecule has 0 unspecified atom stereocenters. The maximum atomic E-state index is 12.3. The lowest BCUT2D eigenvalue weighted by molar-refractivity contribution is -0.171. The first-order chi connectivity index (χ1) is 8.35. The third-order valence-electron chi connectivity index (χ3n) is 3.77. The van der Waals surface area contributed by atoms with E-state index < -0.39 is 24.0 Å². The van der Waals surface area contributed by atoms with E-state index in [1.807, 2.05) is 0 Å². The van der Waals surface area contributed by atoms with E-state index in [9.17, 15) is 18.0 Å². The van der Waals surface area contributed by atoms with Gasteiger partial charge in [0.2, 0.25) is 5.91 Å². The van der Waals surface area contributed by atoms with Crippen LogP contribution in [0.5, 0.6) is 0 Å². The van der Waals surface area contributed by atoms with Gasteiger partial charge in [-0.2, -0.15) is 13.2 Å². The first-order valence-electron chi connectivity index (χ1n) is 5.96. The van der Waals surface area contributed by atoms with Crippen LogP contribution in [-0.4, -0.2) is 56.9 Å². The number of alkyl halides is 3. The number of ether oxygens (including phenoxy) is 1. The largest absolute Gasteiger partial charge is 0.406 e. The Morgan fingerprint density at radius 1 is 1.56 bits per heavy atom. The van der Waals surface area contributed by atoms with Crippen molar-refractivity contribution in [3.8, 4) is 0 Å². The molecule has 2 rings (SSSR count).